The molecule has 1 aliphatic carbocycles. The van der Waals surface area contributed by atoms with Gasteiger partial charge in [-0.05, 0) is 37.1 Å². The Bertz CT molecular complexity index is 911. The highest BCUT2D eigenvalue weighted by atomic mass is 16.5. The Balaban J connectivity index is 1.35. The molecule has 0 bridgehead atoms. The summed E-state index contributed by atoms with van der Waals surface area (Å²) in [5, 5.41) is 14.7. The van der Waals surface area contributed by atoms with Gasteiger partial charge in [-0.2, -0.15) is 0 Å². The number of urea groups is 1. The fourth-order valence-corrected chi connectivity index (χ4v) is 2.61. The molecular weight excluding hydrogens is 334 g/mol. The molecule has 0 unspecified atom stereocenters. The molecule has 0 radical (unpaired) electrons. The summed E-state index contributed by atoms with van der Waals surface area (Å²) in [4.78, 5) is 13.9. The topological polar surface area (TPSA) is 97.3 Å². The van der Waals surface area contributed by atoms with Crippen LogP contribution in [-0.4, -0.2) is 33.3 Å². The highest BCUT2D eigenvalue weighted by Crippen LogP contribution is 2.40. The van der Waals surface area contributed by atoms with Crippen molar-refractivity contribution in [2.45, 2.75) is 32.2 Å². The van der Waals surface area contributed by atoms with E-state index in [1.807, 2.05) is 18.2 Å². The summed E-state index contributed by atoms with van der Waals surface area (Å²) in [6.45, 7) is 2.13. The Hall–Kier alpha value is -3.16. The van der Waals surface area contributed by atoms with E-state index in [2.05, 4.69) is 20.7 Å². The molecule has 2 heterocycles. The molecule has 0 aliphatic heterocycles. The number of carbonyl (C=O) groups is 1. The first-order chi connectivity index (χ1) is 12.6. The first-order valence-electron chi connectivity index (χ1n) is 8.46. The summed E-state index contributed by atoms with van der Waals surface area (Å²) in [5.41, 5.74) is 2.24. The van der Waals surface area contributed by atoms with Crippen LogP contribution in [0.2, 0.25) is 0 Å². The van der Waals surface area contributed by atoms with E-state index in [4.69, 9.17) is 8.94 Å². The van der Waals surface area contributed by atoms with Crippen LogP contribution in [0.1, 0.15) is 36.1 Å². The number of hydrogen-bond acceptors (Lipinski definition) is 6. The van der Waals surface area contributed by atoms with E-state index in [-0.39, 0.29) is 6.03 Å². The van der Waals surface area contributed by atoms with Gasteiger partial charge >= 0.3 is 6.03 Å². The summed E-state index contributed by atoms with van der Waals surface area (Å²) in [7, 11) is 1.72. The van der Waals surface area contributed by atoms with Crippen molar-refractivity contribution in [1.82, 2.24) is 20.3 Å². The molecule has 0 spiro atoms. The molecule has 8 heteroatoms. The number of nitrogens with zero attached hydrogens (tertiary/aromatic N) is 4. The average Bonchev–Trinajstić information content (AvgIpc) is 3.23. The first-order valence-corrected chi connectivity index (χ1v) is 8.46. The minimum absolute atomic E-state index is 0.220. The molecule has 1 saturated carbocycles. The van der Waals surface area contributed by atoms with E-state index in [0.29, 0.717) is 29.9 Å². The lowest BCUT2D eigenvalue weighted by atomic mass is 10.2. The Morgan fingerprint density at radius 2 is 2.04 bits per heavy atom. The standard InChI is InChI=1S/C18H19N5O3/c1-11-20-21-17(25-11)13-5-7-14(8-6-13)19-18(24)23(2)10-15-9-16(26-22-15)12-3-4-12/h5-9,12H,3-4,10H2,1-2H3,(H,19,24). The van der Waals surface area contributed by atoms with Gasteiger partial charge in [0.05, 0.1) is 6.54 Å². The van der Waals surface area contributed by atoms with Crippen molar-refractivity contribution in [3.05, 3.63) is 47.7 Å². The maximum absolute atomic E-state index is 12.3. The van der Waals surface area contributed by atoms with Gasteiger partial charge < -0.3 is 19.2 Å². The molecule has 0 saturated heterocycles. The van der Waals surface area contributed by atoms with Crippen LogP contribution in [0.5, 0.6) is 0 Å². The third-order valence-corrected chi connectivity index (χ3v) is 4.21. The van der Waals surface area contributed by atoms with Crippen LogP contribution >= 0.6 is 0 Å². The lowest BCUT2D eigenvalue weighted by molar-refractivity contribution is 0.219. The van der Waals surface area contributed by atoms with Gasteiger partial charge in [-0.3, -0.25) is 0 Å². The Labute approximate surface area is 150 Å². The maximum atomic E-state index is 12.3. The summed E-state index contributed by atoms with van der Waals surface area (Å²) >= 11 is 0. The molecule has 1 aliphatic rings. The fraction of sp³-hybridized carbons (Fsp3) is 0.333. The number of amides is 2. The molecular formula is C18H19N5O3. The number of anilines is 1. The van der Waals surface area contributed by atoms with Gasteiger partial charge in [0.15, 0.2) is 0 Å². The van der Waals surface area contributed by atoms with E-state index < -0.39 is 0 Å². The number of nitrogens with one attached hydrogen (secondary N) is 1. The van der Waals surface area contributed by atoms with Gasteiger partial charge in [-0.25, -0.2) is 4.79 Å². The Kier molecular flexibility index (Phi) is 4.16. The third-order valence-electron chi connectivity index (χ3n) is 4.21. The molecule has 0 atom stereocenters. The molecule has 2 aromatic heterocycles. The smallest absolute Gasteiger partial charge is 0.321 e. The summed E-state index contributed by atoms with van der Waals surface area (Å²) in [6, 6.07) is 8.94. The SMILES string of the molecule is Cc1nnc(-c2ccc(NC(=O)N(C)Cc3cc(C4CC4)on3)cc2)o1. The zero-order valence-electron chi connectivity index (χ0n) is 14.6. The fourth-order valence-electron chi connectivity index (χ4n) is 2.61. The highest BCUT2D eigenvalue weighted by molar-refractivity contribution is 5.89. The van der Waals surface area contributed by atoms with Gasteiger partial charge in [-0.15, -0.1) is 10.2 Å². The lowest BCUT2D eigenvalue weighted by Crippen LogP contribution is -2.30. The Morgan fingerprint density at radius 1 is 1.27 bits per heavy atom. The molecule has 1 fully saturated rings. The molecule has 26 heavy (non-hydrogen) atoms. The Morgan fingerprint density at radius 3 is 2.69 bits per heavy atom. The molecule has 1 N–H and O–H groups in total. The van der Waals surface area contributed by atoms with Crippen molar-refractivity contribution >= 4 is 11.7 Å². The summed E-state index contributed by atoms with van der Waals surface area (Å²) < 4.78 is 10.7. The third kappa shape index (κ3) is 3.58. The molecule has 1 aromatic carbocycles. The number of aromatic nitrogens is 3. The lowest BCUT2D eigenvalue weighted by Gasteiger charge is -2.16. The number of rotatable bonds is 5. The maximum Gasteiger partial charge on any atom is 0.321 e. The van der Waals surface area contributed by atoms with Gasteiger partial charge in [0.2, 0.25) is 11.8 Å². The monoisotopic (exact) mass is 353 g/mol. The van der Waals surface area contributed by atoms with Crippen LogP contribution in [0.25, 0.3) is 11.5 Å². The zero-order chi connectivity index (χ0) is 18.1. The normalized spacial score (nSPS) is 13.6. The quantitative estimate of drug-likeness (QED) is 0.753. The van der Waals surface area contributed by atoms with Crippen LogP contribution < -0.4 is 5.32 Å². The minimum Gasteiger partial charge on any atom is -0.421 e. The zero-order valence-corrected chi connectivity index (χ0v) is 14.6. The second-order valence-electron chi connectivity index (χ2n) is 6.48. The van der Waals surface area contributed by atoms with Crippen molar-refractivity contribution < 1.29 is 13.7 Å². The number of carbonyl (C=O) groups excluding carboxylic acids is 1. The highest BCUT2D eigenvalue weighted by Gasteiger charge is 2.28. The van der Waals surface area contributed by atoms with E-state index >= 15 is 0 Å². The van der Waals surface area contributed by atoms with E-state index in [0.717, 1.165) is 29.9 Å². The van der Waals surface area contributed by atoms with Crippen LogP contribution in [0.4, 0.5) is 10.5 Å². The average molecular weight is 353 g/mol. The van der Waals surface area contributed by atoms with Crippen LogP contribution in [0.3, 0.4) is 0 Å². The van der Waals surface area contributed by atoms with Crippen molar-refractivity contribution in [2.75, 3.05) is 12.4 Å². The van der Waals surface area contributed by atoms with Gasteiger partial charge in [0.25, 0.3) is 0 Å². The van der Waals surface area contributed by atoms with Gasteiger partial charge in [0, 0.05) is 37.2 Å². The van der Waals surface area contributed by atoms with Gasteiger partial charge in [0.1, 0.15) is 11.5 Å². The minimum atomic E-state index is -0.220. The number of benzene rings is 1. The molecule has 8 nitrogen and oxygen atoms in total. The second kappa shape index (κ2) is 6.62. The van der Waals surface area contributed by atoms with E-state index in [9.17, 15) is 4.79 Å². The largest absolute Gasteiger partial charge is 0.421 e. The van der Waals surface area contributed by atoms with Crippen LogP contribution in [-0.2, 0) is 6.54 Å². The number of hydrogen-bond donors (Lipinski definition) is 1. The summed E-state index contributed by atoms with van der Waals surface area (Å²) in [6.07, 6.45) is 2.31. The predicted octanol–water partition coefficient (Wildman–Crippen LogP) is 3.57. The van der Waals surface area contributed by atoms with Crippen molar-refractivity contribution in [3.8, 4) is 11.5 Å². The first kappa shape index (κ1) is 16.3. The predicted molar refractivity (Wildman–Crippen MR) is 93.4 cm³/mol. The molecule has 4 rings (SSSR count). The van der Waals surface area contributed by atoms with Crippen molar-refractivity contribution in [1.29, 1.82) is 0 Å². The number of aryl methyl sites for hydroxylation is 1. The van der Waals surface area contributed by atoms with Gasteiger partial charge in [-0.1, -0.05) is 5.16 Å². The van der Waals surface area contributed by atoms with E-state index in [1.54, 1.807) is 31.0 Å². The van der Waals surface area contributed by atoms with Crippen molar-refractivity contribution in [3.63, 3.8) is 0 Å². The van der Waals surface area contributed by atoms with Crippen LogP contribution in [0, 0.1) is 6.92 Å². The second-order valence-corrected chi connectivity index (χ2v) is 6.48. The molecule has 2 amide bonds. The van der Waals surface area contributed by atoms with Crippen LogP contribution in [0.15, 0.2) is 39.3 Å². The van der Waals surface area contributed by atoms with E-state index in [1.165, 1.54) is 0 Å². The molecule has 134 valence electrons. The van der Waals surface area contributed by atoms with Crippen molar-refractivity contribution in [2.24, 2.45) is 0 Å². The molecule has 3 aromatic rings. The summed E-state index contributed by atoms with van der Waals surface area (Å²) in [5.74, 6) is 2.39.